The summed E-state index contributed by atoms with van der Waals surface area (Å²) in [5.41, 5.74) is 0.821. The van der Waals surface area contributed by atoms with Gasteiger partial charge in [0, 0.05) is 6.42 Å². The molecule has 0 bridgehead atoms. The molecule has 84 valence electrons. The zero-order valence-electron chi connectivity index (χ0n) is 8.43. The molecule has 5 heteroatoms. The summed E-state index contributed by atoms with van der Waals surface area (Å²) in [5.74, 6) is -2.20. The maximum atomic E-state index is 10.5. The van der Waals surface area contributed by atoms with Crippen LogP contribution >= 0.6 is 0 Å². The molecule has 1 aromatic rings. The number of nitrogens with one attached hydrogen (secondary N) is 1. The summed E-state index contributed by atoms with van der Waals surface area (Å²) in [6.07, 6.45) is -0.100. The highest BCUT2D eigenvalue weighted by Crippen LogP contribution is 2.07. The zero-order chi connectivity index (χ0) is 12.1. The van der Waals surface area contributed by atoms with Crippen molar-refractivity contribution in [2.45, 2.75) is 12.8 Å². The van der Waals surface area contributed by atoms with Crippen LogP contribution in [0.2, 0.25) is 0 Å². The quantitative estimate of drug-likeness (QED) is 0.645. The van der Waals surface area contributed by atoms with E-state index >= 15 is 0 Å². The van der Waals surface area contributed by atoms with Crippen LogP contribution in [-0.4, -0.2) is 27.9 Å². The second-order valence-corrected chi connectivity index (χ2v) is 3.35. The fourth-order valence-corrected chi connectivity index (χ4v) is 1.30. The summed E-state index contributed by atoms with van der Waals surface area (Å²) in [4.78, 5) is 20.9. The molecule has 0 heterocycles. The van der Waals surface area contributed by atoms with Crippen LogP contribution < -0.4 is 0 Å². The zero-order valence-corrected chi connectivity index (χ0v) is 8.43. The van der Waals surface area contributed by atoms with Crippen molar-refractivity contribution in [3.63, 3.8) is 0 Å². The minimum atomic E-state index is -1.26. The first kappa shape index (κ1) is 11.9. The van der Waals surface area contributed by atoms with Gasteiger partial charge < -0.3 is 10.2 Å². The van der Waals surface area contributed by atoms with Crippen LogP contribution in [0.3, 0.4) is 0 Å². The topological polar surface area (TPSA) is 98.5 Å². The SMILES string of the molecule is N=C(Cc1cccc(CC(=O)O)c1)C(=O)O. The van der Waals surface area contributed by atoms with Gasteiger partial charge in [-0.3, -0.25) is 10.2 Å². The summed E-state index contributed by atoms with van der Waals surface area (Å²) in [6, 6.07) is 6.58. The standard InChI is InChI=1S/C11H11NO4/c12-9(11(15)16)5-7-2-1-3-8(4-7)6-10(13)14/h1-4,12H,5-6H2,(H,13,14)(H,15,16). The number of carbonyl (C=O) groups is 2. The monoisotopic (exact) mass is 221 g/mol. The van der Waals surface area contributed by atoms with Gasteiger partial charge in [-0.25, -0.2) is 4.79 Å². The lowest BCUT2D eigenvalue weighted by Crippen LogP contribution is -2.14. The first-order chi connectivity index (χ1) is 7.49. The van der Waals surface area contributed by atoms with Gasteiger partial charge in [-0.05, 0) is 11.1 Å². The fourth-order valence-electron chi connectivity index (χ4n) is 1.30. The van der Waals surface area contributed by atoms with Gasteiger partial charge in [0.05, 0.1) is 6.42 Å². The van der Waals surface area contributed by atoms with E-state index in [0.29, 0.717) is 11.1 Å². The lowest BCUT2D eigenvalue weighted by molar-refractivity contribution is -0.136. The molecular weight excluding hydrogens is 210 g/mol. The number of rotatable bonds is 5. The molecule has 0 aliphatic rings. The van der Waals surface area contributed by atoms with E-state index in [2.05, 4.69) is 0 Å². The molecule has 1 aromatic carbocycles. The highest BCUT2D eigenvalue weighted by atomic mass is 16.4. The van der Waals surface area contributed by atoms with Crippen molar-refractivity contribution >= 4 is 17.7 Å². The van der Waals surface area contributed by atoms with E-state index in [-0.39, 0.29) is 12.8 Å². The minimum absolute atomic E-state index is 0.00277. The van der Waals surface area contributed by atoms with Gasteiger partial charge in [0.15, 0.2) is 0 Å². The van der Waals surface area contributed by atoms with Gasteiger partial charge in [0.2, 0.25) is 0 Å². The van der Waals surface area contributed by atoms with E-state index in [1.54, 1.807) is 24.3 Å². The van der Waals surface area contributed by atoms with Crippen molar-refractivity contribution in [3.8, 4) is 0 Å². The molecule has 3 N–H and O–H groups in total. The van der Waals surface area contributed by atoms with Gasteiger partial charge in [-0.1, -0.05) is 24.3 Å². The van der Waals surface area contributed by atoms with Gasteiger partial charge in [0.1, 0.15) is 5.71 Å². The third kappa shape index (κ3) is 3.53. The first-order valence-corrected chi connectivity index (χ1v) is 4.59. The van der Waals surface area contributed by atoms with Crippen LogP contribution in [0.5, 0.6) is 0 Å². The normalized spacial score (nSPS) is 9.75. The molecule has 0 aliphatic heterocycles. The minimum Gasteiger partial charge on any atom is -0.481 e. The van der Waals surface area contributed by atoms with E-state index in [9.17, 15) is 9.59 Å². The predicted molar refractivity (Wildman–Crippen MR) is 56.8 cm³/mol. The van der Waals surface area contributed by atoms with Crippen LogP contribution in [0.1, 0.15) is 11.1 Å². The Morgan fingerprint density at radius 1 is 1.12 bits per heavy atom. The molecule has 1 rings (SSSR count). The third-order valence-electron chi connectivity index (χ3n) is 1.99. The Balaban J connectivity index is 2.78. The number of hydrogen-bond acceptors (Lipinski definition) is 3. The molecule has 0 saturated heterocycles. The average molecular weight is 221 g/mol. The number of carboxylic acids is 2. The summed E-state index contributed by atoms with van der Waals surface area (Å²) >= 11 is 0. The average Bonchev–Trinajstić information content (AvgIpc) is 2.16. The Morgan fingerprint density at radius 2 is 1.69 bits per heavy atom. The Kier molecular flexibility index (Phi) is 3.77. The third-order valence-corrected chi connectivity index (χ3v) is 1.99. The largest absolute Gasteiger partial charge is 0.481 e. The van der Waals surface area contributed by atoms with E-state index in [1.165, 1.54) is 0 Å². The molecule has 5 nitrogen and oxygen atoms in total. The number of hydrogen-bond donors (Lipinski definition) is 3. The fraction of sp³-hybridized carbons (Fsp3) is 0.182. The Bertz CT molecular complexity index is 439. The van der Waals surface area contributed by atoms with Crippen LogP contribution in [0.15, 0.2) is 24.3 Å². The Labute approximate surface area is 91.9 Å². The van der Waals surface area contributed by atoms with Crippen LogP contribution in [0, 0.1) is 5.41 Å². The first-order valence-electron chi connectivity index (χ1n) is 4.59. The van der Waals surface area contributed by atoms with Crippen molar-refractivity contribution in [3.05, 3.63) is 35.4 Å². The molecule has 0 spiro atoms. The summed E-state index contributed by atoms with van der Waals surface area (Å²) in [7, 11) is 0. The molecule has 0 radical (unpaired) electrons. The smallest absolute Gasteiger partial charge is 0.349 e. The lowest BCUT2D eigenvalue weighted by atomic mass is 10.0. The highest BCUT2D eigenvalue weighted by molar-refractivity contribution is 6.34. The molecule has 0 atom stereocenters. The van der Waals surface area contributed by atoms with Gasteiger partial charge >= 0.3 is 11.9 Å². The predicted octanol–water partition coefficient (Wildman–Crippen LogP) is 0.961. The molecule has 0 fully saturated rings. The molecule has 16 heavy (non-hydrogen) atoms. The molecule has 0 unspecified atom stereocenters. The molecule has 0 aromatic heterocycles. The van der Waals surface area contributed by atoms with Gasteiger partial charge in [-0.15, -0.1) is 0 Å². The van der Waals surface area contributed by atoms with Gasteiger partial charge in [-0.2, -0.15) is 0 Å². The highest BCUT2D eigenvalue weighted by Gasteiger charge is 2.08. The van der Waals surface area contributed by atoms with E-state index in [0.717, 1.165) is 0 Å². The Hall–Kier alpha value is -2.17. The van der Waals surface area contributed by atoms with Crippen LogP contribution in [0.25, 0.3) is 0 Å². The van der Waals surface area contributed by atoms with E-state index in [1.807, 2.05) is 0 Å². The molecule has 0 amide bonds. The van der Waals surface area contributed by atoms with E-state index in [4.69, 9.17) is 15.6 Å². The summed E-state index contributed by atoms with van der Waals surface area (Å²) in [6.45, 7) is 0. The summed E-state index contributed by atoms with van der Waals surface area (Å²) < 4.78 is 0. The summed E-state index contributed by atoms with van der Waals surface area (Å²) in [5, 5.41) is 24.3. The van der Waals surface area contributed by atoms with Crippen LogP contribution in [0.4, 0.5) is 0 Å². The van der Waals surface area contributed by atoms with Crippen molar-refractivity contribution in [2.24, 2.45) is 0 Å². The molecule has 0 saturated carbocycles. The number of carboxylic acid groups (broad SMARTS) is 2. The lowest BCUT2D eigenvalue weighted by Gasteiger charge is -2.02. The second kappa shape index (κ2) is 5.06. The van der Waals surface area contributed by atoms with Crippen molar-refractivity contribution in [1.29, 1.82) is 5.41 Å². The van der Waals surface area contributed by atoms with Gasteiger partial charge in [0.25, 0.3) is 0 Å². The number of aliphatic carboxylic acids is 2. The second-order valence-electron chi connectivity index (χ2n) is 3.35. The van der Waals surface area contributed by atoms with Crippen LogP contribution in [-0.2, 0) is 22.4 Å². The molecular formula is C11H11NO4. The van der Waals surface area contributed by atoms with Crippen molar-refractivity contribution in [2.75, 3.05) is 0 Å². The number of benzene rings is 1. The maximum absolute atomic E-state index is 10.5. The van der Waals surface area contributed by atoms with E-state index < -0.39 is 17.7 Å². The Morgan fingerprint density at radius 3 is 2.19 bits per heavy atom. The maximum Gasteiger partial charge on any atom is 0.349 e. The molecule has 0 aliphatic carbocycles. The van der Waals surface area contributed by atoms with Crippen molar-refractivity contribution < 1.29 is 19.8 Å². The van der Waals surface area contributed by atoms with Crippen molar-refractivity contribution in [1.82, 2.24) is 0 Å².